The summed E-state index contributed by atoms with van der Waals surface area (Å²) < 4.78 is 45.8. The van der Waals surface area contributed by atoms with Gasteiger partial charge >= 0.3 is 0 Å². The topological polar surface area (TPSA) is 88.1 Å². The van der Waals surface area contributed by atoms with Crippen LogP contribution in [0.25, 0.3) is 12.2 Å². The van der Waals surface area contributed by atoms with Crippen molar-refractivity contribution in [1.29, 1.82) is 0 Å². The summed E-state index contributed by atoms with van der Waals surface area (Å²) in [4.78, 5) is 12.3. The number of hydrogen-bond donors (Lipinski definition) is 0. The second kappa shape index (κ2) is 10.5. The molecule has 0 N–H and O–H groups in total. The molecule has 0 unspecified atom stereocenters. The zero-order valence-electron chi connectivity index (χ0n) is 17.2. The number of benzene rings is 2. The molecule has 0 fully saturated rings. The predicted molar refractivity (Wildman–Crippen MR) is 116 cm³/mol. The number of carbonyl (C=O) groups excluding carboxylic acids is 1. The Morgan fingerprint density at radius 3 is 1.57 bits per heavy atom. The number of sulfone groups is 1. The van der Waals surface area contributed by atoms with Gasteiger partial charge in [0.25, 0.3) is 0 Å². The molecule has 0 radical (unpaired) electrons. The molecule has 7 nitrogen and oxygen atoms in total. The second-order valence-corrected chi connectivity index (χ2v) is 7.95. The molecule has 0 aliphatic heterocycles. The monoisotopic (exact) mass is 432 g/mol. The molecule has 0 aliphatic carbocycles. The van der Waals surface area contributed by atoms with Crippen molar-refractivity contribution in [2.75, 3.05) is 34.2 Å². The fourth-order valence-corrected chi connectivity index (χ4v) is 3.66. The second-order valence-electron chi connectivity index (χ2n) is 6.06. The minimum atomic E-state index is -3.82. The van der Waals surface area contributed by atoms with E-state index >= 15 is 0 Å². The van der Waals surface area contributed by atoms with E-state index in [0.717, 1.165) is 5.41 Å². The van der Waals surface area contributed by atoms with Crippen molar-refractivity contribution in [3.63, 3.8) is 0 Å². The van der Waals surface area contributed by atoms with E-state index in [4.69, 9.17) is 18.9 Å². The Hall–Kier alpha value is -3.26. The van der Waals surface area contributed by atoms with E-state index in [1.807, 2.05) is 0 Å². The highest BCUT2D eigenvalue weighted by Gasteiger charge is 2.14. The van der Waals surface area contributed by atoms with Gasteiger partial charge in [-0.3, -0.25) is 4.79 Å². The number of allylic oxidation sites excluding steroid dienone is 1. The lowest BCUT2D eigenvalue weighted by Gasteiger charge is -2.09. The Balaban J connectivity index is 2.20. The van der Waals surface area contributed by atoms with Crippen molar-refractivity contribution in [2.24, 2.45) is 0 Å². The molecule has 2 aromatic carbocycles. The summed E-state index contributed by atoms with van der Waals surface area (Å²) in [6.07, 6.45) is 4.02. The van der Waals surface area contributed by atoms with Gasteiger partial charge < -0.3 is 18.9 Å². The van der Waals surface area contributed by atoms with Gasteiger partial charge in [0.15, 0.2) is 15.6 Å². The van der Waals surface area contributed by atoms with Gasteiger partial charge in [-0.2, -0.15) is 0 Å². The summed E-state index contributed by atoms with van der Waals surface area (Å²) in [5.41, 5.74) is 1.01. The Morgan fingerprint density at radius 2 is 1.17 bits per heavy atom. The Bertz CT molecular complexity index is 1010. The molecule has 0 saturated heterocycles. The summed E-state index contributed by atoms with van der Waals surface area (Å²) in [5.74, 6) is 0.647. The molecule has 0 aromatic heterocycles. The lowest BCUT2D eigenvalue weighted by molar-refractivity contribution is -0.112. The zero-order chi connectivity index (χ0) is 22.1. The minimum Gasteiger partial charge on any atom is -0.496 e. The van der Waals surface area contributed by atoms with Crippen LogP contribution in [0.3, 0.4) is 0 Å². The van der Waals surface area contributed by atoms with Crippen molar-refractivity contribution < 1.29 is 32.2 Å². The van der Waals surface area contributed by atoms with Crippen LogP contribution in [0.2, 0.25) is 0 Å². The molecule has 160 valence electrons. The van der Waals surface area contributed by atoms with Gasteiger partial charge in [0, 0.05) is 5.41 Å². The maximum absolute atomic E-state index is 12.4. The highest BCUT2D eigenvalue weighted by molar-refractivity contribution is 7.95. The predicted octanol–water partition coefficient (Wildman–Crippen LogP) is 3.39. The van der Waals surface area contributed by atoms with Crippen molar-refractivity contribution >= 4 is 27.8 Å². The molecule has 0 spiro atoms. The first kappa shape index (κ1) is 23.0. The third-order valence-electron chi connectivity index (χ3n) is 4.15. The Morgan fingerprint density at radius 1 is 0.767 bits per heavy atom. The van der Waals surface area contributed by atoms with Gasteiger partial charge in [-0.15, -0.1) is 0 Å². The van der Waals surface area contributed by atoms with Crippen LogP contribution >= 0.6 is 0 Å². The third kappa shape index (κ3) is 5.87. The van der Waals surface area contributed by atoms with Gasteiger partial charge in [0.1, 0.15) is 28.8 Å². The standard InChI is InChI=1S/C22H24O7S/c1-26-19-7-5-8-20(27-2)17(19)12-11-16(23)15-30(24,25)14-13-18-21(28-3)9-6-10-22(18)29-4/h5-14H,15H2,1-4H3/b12-11-,14-13+. The Kier molecular flexibility index (Phi) is 8.06. The molecule has 2 aromatic rings. The molecule has 0 aliphatic rings. The largest absolute Gasteiger partial charge is 0.496 e. The number of ether oxygens (including phenoxy) is 4. The van der Waals surface area contributed by atoms with Gasteiger partial charge in [-0.05, 0) is 42.5 Å². The maximum atomic E-state index is 12.4. The minimum absolute atomic E-state index is 0.454. The molecule has 8 heteroatoms. The first-order valence-corrected chi connectivity index (χ1v) is 10.6. The quantitative estimate of drug-likeness (QED) is 0.532. The fourth-order valence-electron chi connectivity index (χ4n) is 2.73. The van der Waals surface area contributed by atoms with Crippen molar-refractivity contribution in [3.05, 3.63) is 59.0 Å². The highest BCUT2D eigenvalue weighted by atomic mass is 32.2. The van der Waals surface area contributed by atoms with E-state index in [1.165, 1.54) is 46.7 Å². The van der Waals surface area contributed by atoms with Crippen LogP contribution in [0.15, 0.2) is 47.9 Å². The van der Waals surface area contributed by atoms with E-state index in [1.54, 1.807) is 36.4 Å². The average Bonchev–Trinajstić information content (AvgIpc) is 2.75. The highest BCUT2D eigenvalue weighted by Crippen LogP contribution is 2.30. The van der Waals surface area contributed by atoms with E-state index in [2.05, 4.69) is 0 Å². The van der Waals surface area contributed by atoms with Crippen LogP contribution in [0.1, 0.15) is 11.1 Å². The first-order valence-electron chi connectivity index (χ1n) is 8.89. The third-order valence-corrected chi connectivity index (χ3v) is 5.39. The zero-order valence-corrected chi connectivity index (χ0v) is 18.1. The molecule has 0 bridgehead atoms. The van der Waals surface area contributed by atoms with Crippen molar-refractivity contribution in [3.8, 4) is 23.0 Å². The molecular formula is C22H24O7S. The van der Waals surface area contributed by atoms with Crippen LogP contribution in [0.4, 0.5) is 0 Å². The molecular weight excluding hydrogens is 408 g/mol. The normalized spacial score (nSPS) is 11.6. The van der Waals surface area contributed by atoms with Crippen LogP contribution < -0.4 is 18.9 Å². The van der Waals surface area contributed by atoms with E-state index in [0.29, 0.717) is 34.1 Å². The summed E-state index contributed by atoms with van der Waals surface area (Å²) in [7, 11) is 2.12. The summed E-state index contributed by atoms with van der Waals surface area (Å²) in [5, 5.41) is 0.975. The number of carbonyl (C=O) groups is 1. The summed E-state index contributed by atoms with van der Waals surface area (Å²) in [6.45, 7) is 0. The van der Waals surface area contributed by atoms with E-state index in [-0.39, 0.29) is 0 Å². The van der Waals surface area contributed by atoms with Gasteiger partial charge in [-0.25, -0.2) is 8.42 Å². The van der Waals surface area contributed by atoms with Crippen LogP contribution in [0, 0.1) is 0 Å². The number of methoxy groups -OCH3 is 4. The van der Waals surface area contributed by atoms with Gasteiger partial charge in [-0.1, -0.05) is 12.1 Å². The first-order chi connectivity index (χ1) is 14.3. The lowest BCUT2D eigenvalue weighted by Crippen LogP contribution is -2.11. The molecule has 0 atom stereocenters. The van der Waals surface area contributed by atoms with Crippen LogP contribution in [-0.4, -0.2) is 48.4 Å². The van der Waals surface area contributed by atoms with Gasteiger partial charge in [0.05, 0.1) is 39.6 Å². The smallest absolute Gasteiger partial charge is 0.179 e. The van der Waals surface area contributed by atoms with E-state index in [9.17, 15) is 13.2 Å². The fraction of sp³-hybridized carbons (Fsp3) is 0.227. The van der Waals surface area contributed by atoms with Crippen molar-refractivity contribution in [1.82, 2.24) is 0 Å². The Labute approximate surface area is 176 Å². The molecule has 0 amide bonds. The number of ketones is 1. The molecule has 2 rings (SSSR count). The molecule has 0 heterocycles. The van der Waals surface area contributed by atoms with Gasteiger partial charge in [0.2, 0.25) is 0 Å². The molecule has 30 heavy (non-hydrogen) atoms. The summed E-state index contributed by atoms with van der Waals surface area (Å²) in [6, 6.07) is 10.3. The molecule has 0 saturated carbocycles. The number of hydrogen-bond acceptors (Lipinski definition) is 7. The number of rotatable bonds is 10. The SMILES string of the molecule is COc1cccc(OC)c1/C=C\C(=O)CS(=O)(=O)/C=C/c1c(OC)cccc1OC. The van der Waals surface area contributed by atoms with Crippen molar-refractivity contribution in [2.45, 2.75) is 0 Å². The van der Waals surface area contributed by atoms with E-state index < -0.39 is 21.4 Å². The van der Waals surface area contributed by atoms with Crippen LogP contribution in [0.5, 0.6) is 23.0 Å². The summed E-state index contributed by atoms with van der Waals surface area (Å²) >= 11 is 0. The lowest BCUT2D eigenvalue weighted by atomic mass is 10.1. The maximum Gasteiger partial charge on any atom is 0.179 e. The van der Waals surface area contributed by atoms with Crippen LogP contribution in [-0.2, 0) is 14.6 Å². The average molecular weight is 432 g/mol.